The molecule has 0 bridgehead atoms. The van der Waals surface area contributed by atoms with Crippen molar-refractivity contribution in [3.05, 3.63) is 30.0 Å². The minimum Gasteiger partial charge on any atom is -0.465 e. The Bertz CT molecular complexity index is 603. The Hall–Kier alpha value is -2.50. The van der Waals surface area contributed by atoms with Gasteiger partial charge in [0, 0.05) is 16.6 Å². The number of carbonyl (C=O) groups excluding carboxylic acids is 1. The van der Waals surface area contributed by atoms with E-state index in [1.807, 2.05) is 0 Å². The predicted molar refractivity (Wildman–Crippen MR) is 65.9 cm³/mol. The van der Waals surface area contributed by atoms with E-state index in [-0.39, 0.29) is 0 Å². The van der Waals surface area contributed by atoms with E-state index < -0.39 is 12.1 Å². The Morgan fingerprint density at radius 1 is 1.39 bits per heavy atom. The molecule has 6 nitrogen and oxygen atoms in total. The second kappa shape index (κ2) is 4.79. The molecule has 2 aromatic rings. The highest BCUT2D eigenvalue weighted by atomic mass is 16.5. The van der Waals surface area contributed by atoms with Gasteiger partial charge < -0.3 is 14.8 Å². The highest BCUT2D eigenvalue weighted by molar-refractivity contribution is 5.96. The Balaban J connectivity index is 2.33. The molecule has 0 aliphatic heterocycles. The third-order valence-corrected chi connectivity index (χ3v) is 2.37. The number of benzene rings is 1. The van der Waals surface area contributed by atoms with Crippen LogP contribution >= 0.6 is 0 Å². The number of rotatable bonds is 3. The number of carboxylic acid groups (broad SMARTS) is 1. The standard InChI is InChI=1S/C12H12N2O4/c1-2-18-11(15)10-5-7-3-4-8(13-12(16)17)6-9(7)14-10/h3-6,13-14H,2H2,1H3,(H,16,17). The highest BCUT2D eigenvalue weighted by Gasteiger charge is 2.10. The molecular formula is C12H12N2O4. The summed E-state index contributed by atoms with van der Waals surface area (Å²) in [5, 5.41) is 11.7. The van der Waals surface area contributed by atoms with Crippen molar-refractivity contribution in [2.75, 3.05) is 11.9 Å². The van der Waals surface area contributed by atoms with Crippen molar-refractivity contribution in [3.8, 4) is 0 Å². The lowest BCUT2D eigenvalue weighted by atomic mass is 10.2. The summed E-state index contributed by atoms with van der Waals surface area (Å²) in [7, 11) is 0. The molecule has 0 atom stereocenters. The van der Waals surface area contributed by atoms with Gasteiger partial charge in [0.15, 0.2) is 0 Å². The van der Waals surface area contributed by atoms with Crippen molar-refractivity contribution in [3.63, 3.8) is 0 Å². The van der Waals surface area contributed by atoms with Gasteiger partial charge in [-0.25, -0.2) is 9.59 Å². The molecule has 0 radical (unpaired) electrons. The van der Waals surface area contributed by atoms with Crippen LogP contribution < -0.4 is 5.32 Å². The van der Waals surface area contributed by atoms with Crippen LogP contribution in [0.2, 0.25) is 0 Å². The third kappa shape index (κ3) is 2.42. The first-order chi connectivity index (χ1) is 8.60. The maximum absolute atomic E-state index is 11.5. The van der Waals surface area contributed by atoms with Gasteiger partial charge in [0.2, 0.25) is 0 Å². The molecule has 0 unspecified atom stereocenters. The van der Waals surface area contributed by atoms with Crippen molar-refractivity contribution in [1.29, 1.82) is 0 Å². The molecule has 0 saturated heterocycles. The smallest absolute Gasteiger partial charge is 0.409 e. The molecule has 94 valence electrons. The largest absolute Gasteiger partial charge is 0.465 e. The van der Waals surface area contributed by atoms with Crippen LogP contribution in [0, 0.1) is 0 Å². The number of H-pyrrole nitrogens is 1. The van der Waals surface area contributed by atoms with Gasteiger partial charge in [-0.1, -0.05) is 6.07 Å². The van der Waals surface area contributed by atoms with E-state index in [1.165, 1.54) is 0 Å². The van der Waals surface area contributed by atoms with Gasteiger partial charge in [0.1, 0.15) is 5.69 Å². The molecule has 1 amide bonds. The van der Waals surface area contributed by atoms with Crippen LogP contribution in [-0.4, -0.2) is 28.8 Å². The van der Waals surface area contributed by atoms with Crippen molar-refractivity contribution >= 4 is 28.7 Å². The van der Waals surface area contributed by atoms with Crippen LogP contribution in [0.1, 0.15) is 17.4 Å². The van der Waals surface area contributed by atoms with Crippen LogP contribution in [-0.2, 0) is 4.74 Å². The fraction of sp³-hybridized carbons (Fsp3) is 0.167. The summed E-state index contributed by atoms with van der Waals surface area (Å²) in [5.74, 6) is -0.429. The van der Waals surface area contributed by atoms with Crippen LogP contribution in [0.5, 0.6) is 0 Å². The van der Waals surface area contributed by atoms with E-state index in [4.69, 9.17) is 9.84 Å². The van der Waals surface area contributed by atoms with Crippen molar-refractivity contribution in [1.82, 2.24) is 4.98 Å². The Labute approximate surface area is 103 Å². The number of aromatic amines is 1. The average molecular weight is 248 g/mol. The number of hydrogen-bond acceptors (Lipinski definition) is 3. The summed E-state index contributed by atoms with van der Waals surface area (Å²) in [5.41, 5.74) is 1.45. The average Bonchev–Trinajstić information content (AvgIpc) is 2.71. The molecule has 1 aromatic carbocycles. The quantitative estimate of drug-likeness (QED) is 0.727. The van der Waals surface area contributed by atoms with Crippen molar-refractivity contribution < 1.29 is 19.4 Å². The van der Waals surface area contributed by atoms with Gasteiger partial charge in [-0.15, -0.1) is 0 Å². The summed E-state index contributed by atoms with van der Waals surface area (Å²) >= 11 is 0. The number of amides is 1. The lowest BCUT2D eigenvalue weighted by molar-refractivity contribution is 0.0520. The van der Waals surface area contributed by atoms with Gasteiger partial charge in [-0.2, -0.15) is 0 Å². The molecule has 0 aliphatic carbocycles. The Morgan fingerprint density at radius 2 is 2.17 bits per heavy atom. The highest BCUT2D eigenvalue weighted by Crippen LogP contribution is 2.20. The van der Waals surface area contributed by atoms with E-state index in [1.54, 1.807) is 31.2 Å². The van der Waals surface area contributed by atoms with Crippen LogP contribution in [0.15, 0.2) is 24.3 Å². The number of aromatic nitrogens is 1. The number of fused-ring (bicyclic) bond motifs is 1. The fourth-order valence-corrected chi connectivity index (χ4v) is 1.65. The Morgan fingerprint density at radius 3 is 2.83 bits per heavy atom. The monoisotopic (exact) mass is 248 g/mol. The minimum atomic E-state index is -1.13. The van der Waals surface area contributed by atoms with E-state index in [0.717, 1.165) is 5.39 Å². The molecule has 18 heavy (non-hydrogen) atoms. The van der Waals surface area contributed by atoms with Crippen LogP contribution in [0.4, 0.5) is 10.5 Å². The zero-order chi connectivity index (χ0) is 13.1. The van der Waals surface area contributed by atoms with Crippen molar-refractivity contribution in [2.24, 2.45) is 0 Å². The number of nitrogens with one attached hydrogen (secondary N) is 2. The first-order valence-corrected chi connectivity index (χ1v) is 5.40. The van der Waals surface area contributed by atoms with E-state index in [2.05, 4.69) is 10.3 Å². The molecular weight excluding hydrogens is 236 g/mol. The lowest BCUT2D eigenvalue weighted by Gasteiger charge is -1.99. The molecule has 0 spiro atoms. The van der Waals surface area contributed by atoms with E-state index >= 15 is 0 Å². The predicted octanol–water partition coefficient (Wildman–Crippen LogP) is 2.43. The molecule has 1 heterocycles. The summed E-state index contributed by atoms with van der Waals surface area (Å²) in [6.45, 7) is 2.04. The summed E-state index contributed by atoms with van der Waals surface area (Å²) in [6.07, 6.45) is -1.13. The summed E-state index contributed by atoms with van der Waals surface area (Å²) in [6, 6.07) is 6.63. The third-order valence-electron chi connectivity index (χ3n) is 2.37. The van der Waals surface area contributed by atoms with Crippen LogP contribution in [0.25, 0.3) is 10.9 Å². The number of esters is 1. The zero-order valence-corrected chi connectivity index (χ0v) is 9.69. The fourth-order valence-electron chi connectivity index (χ4n) is 1.65. The van der Waals surface area contributed by atoms with E-state index in [9.17, 15) is 9.59 Å². The van der Waals surface area contributed by atoms with Gasteiger partial charge in [-0.05, 0) is 25.1 Å². The van der Waals surface area contributed by atoms with Gasteiger partial charge in [0.25, 0.3) is 0 Å². The molecule has 2 rings (SSSR count). The molecule has 0 fully saturated rings. The number of hydrogen-bond donors (Lipinski definition) is 3. The first kappa shape index (κ1) is 12.0. The van der Waals surface area contributed by atoms with Crippen molar-refractivity contribution in [2.45, 2.75) is 6.92 Å². The molecule has 0 saturated carbocycles. The SMILES string of the molecule is CCOC(=O)c1cc2ccc(NC(=O)O)cc2[nH]1. The number of carbonyl (C=O) groups is 2. The molecule has 3 N–H and O–H groups in total. The lowest BCUT2D eigenvalue weighted by Crippen LogP contribution is -2.06. The normalized spacial score (nSPS) is 10.3. The summed E-state index contributed by atoms with van der Waals surface area (Å²) < 4.78 is 4.87. The molecule has 0 aliphatic rings. The second-order valence-electron chi connectivity index (χ2n) is 3.64. The van der Waals surface area contributed by atoms with Gasteiger partial charge >= 0.3 is 12.1 Å². The molecule has 6 heteroatoms. The minimum absolute atomic E-state index is 0.306. The number of anilines is 1. The first-order valence-electron chi connectivity index (χ1n) is 5.40. The second-order valence-corrected chi connectivity index (χ2v) is 3.64. The summed E-state index contributed by atoms with van der Waals surface area (Å²) in [4.78, 5) is 24.9. The maximum Gasteiger partial charge on any atom is 0.409 e. The molecule has 1 aromatic heterocycles. The van der Waals surface area contributed by atoms with Crippen LogP contribution in [0.3, 0.4) is 0 Å². The van der Waals surface area contributed by atoms with E-state index in [0.29, 0.717) is 23.5 Å². The van der Waals surface area contributed by atoms with Gasteiger partial charge in [0.05, 0.1) is 6.61 Å². The topological polar surface area (TPSA) is 91.4 Å². The maximum atomic E-state index is 11.5. The Kier molecular flexibility index (Phi) is 3.18. The van der Waals surface area contributed by atoms with Gasteiger partial charge in [-0.3, -0.25) is 5.32 Å². The number of ether oxygens (including phenoxy) is 1. The zero-order valence-electron chi connectivity index (χ0n) is 9.69.